The van der Waals surface area contributed by atoms with Crippen LogP contribution in [-0.4, -0.2) is 61.6 Å². The Morgan fingerprint density at radius 3 is 2.54 bits per heavy atom. The first-order valence-electron chi connectivity index (χ1n) is 15.7. The Morgan fingerprint density at radius 1 is 1.13 bits per heavy atom. The predicted octanol–water partition coefficient (Wildman–Crippen LogP) is 6.14. The van der Waals surface area contributed by atoms with E-state index in [9.17, 15) is 22.8 Å². The van der Waals surface area contributed by atoms with Gasteiger partial charge in [0.25, 0.3) is 0 Å². The second-order valence-corrected chi connectivity index (χ2v) is 14.0. The van der Waals surface area contributed by atoms with E-state index in [-0.39, 0.29) is 5.52 Å². The van der Waals surface area contributed by atoms with Gasteiger partial charge in [0.15, 0.2) is 0 Å². The molecule has 1 aromatic carbocycles. The van der Waals surface area contributed by atoms with Crippen molar-refractivity contribution in [1.82, 2.24) is 23.6 Å². The highest BCUT2D eigenvalue weighted by atomic mass is 19.4. The fraction of sp³-hybridized carbons (Fsp3) is 0.500. The normalized spacial score (nSPS) is 18.9. The summed E-state index contributed by atoms with van der Waals surface area (Å²) in [6, 6.07) is 8.43. The quantitative estimate of drug-likeness (QED) is 0.252. The number of aryl methyl sites for hydroxylation is 1. The number of pyridine rings is 1. The monoisotopic (exact) mass is 639 g/mol. The summed E-state index contributed by atoms with van der Waals surface area (Å²) in [6.45, 7) is 12.1. The number of fused-ring (bicyclic) bond motifs is 1. The van der Waals surface area contributed by atoms with Gasteiger partial charge in [-0.25, -0.2) is 9.59 Å². The molecule has 2 fully saturated rings. The molecular formula is C34H40F3N5O4. The number of carbonyl (C=O) groups is 1. The van der Waals surface area contributed by atoms with Gasteiger partial charge in [0, 0.05) is 43.5 Å². The summed E-state index contributed by atoms with van der Waals surface area (Å²) < 4.78 is 57.7. The molecule has 2 aliphatic rings. The Kier molecular flexibility index (Phi) is 8.17. The van der Waals surface area contributed by atoms with Crippen LogP contribution in [0.15, 0.2) is 53.7 Å². The van der Waals surface area contributed by atoms with Gasteiger partial charge in [0.1, 0.15) is 5.60 Å². The number of piperidine rings is 1. The number of aromatic nitrogens is 4. The minimum Gasteiger partial charge on any atom is -0.442 e. The first-order chi connectivity index (χ1) is 21.6. The van der Waals surface area contributed by atoms with E-state index in [0.29, 0.717) is 49.0 Å². The molecule has 1 atom stereocenters. The lowest BCUT2D eigenvalue weighted by Crippen LogP contribution is -2.48. The van der Waals surface area contributed by atoms with Gasteiger partial charge >= 0.3 is 18.0 Å². The number of carbonyl (C=O) groups excluding carboxylic acids is 1. The van der Waals surface area contributed by atoms with Gasteiger partial charge in [-0.1, -0.05) is 19.1 Å². The number of benzene rings is 1. The number of imidazole rings is 1. The molecule has 9 nitrogen and oxygen atoms in total. The van der Waals surface area contributed by atoms with Crippen LogP contribution in [0, 0.1) is 12.8 Å². The molecule has 0 radical (unpaired) electrons. The maximum absolute atomic E-state index is 14.3. The van der Waals surface area contributed by atoms with Crippen LogP contribution in [0.4, 0.5) is 18.0 Å². The summed E-state index contributed by atoms with van der Waals surface area (Å²) in [5.74, 6) is 0.476. The van der Waals surface area contributed by atoms with Crippen LogP contribution in [-0.2, 0) is 34.0 Å². The molecule has 5 heterocycles. The van der Waals surface area contributed by atoms with Gasteiger partial charge < -0.3 is 9.47 Å². The average molecular weight is 640 g/mol. The van der Waals surface area contributed by atoms with E-state index in [0.717, 1.165) is 41.5 Å². The number of alkyl halides is 3. The smallest absolute Gasteiger partial charge is 0.435 e. The van der Waals surface area contributed by atoms with Crippen LogP contribution in [0.2, 0.25) is 0 Å². The SMILES string of the molecule is Cc1cn(C(=O)OC(C)(C)C)nc1CC1(c2cccc(-n3cc4c(C(F)(F)F)cc(CN5CCC[C@H](C)C5)cn4c3=O)c2)COC1. The topological polar surface area (TPSA) is 83.0 Å². The molecule has 0 aliphatic carbocycles. The molecule has 46 heavy (non-hydrogen) atoms. The third-order valence-corrected chi connectivity index (χ3v) is 8.86. The van der Waals surface area contributed by atoms with Gasteiger partial charge in [-0.2, -0.15) is 23.0 Å². The molecule has 2 saturated heterocycles. The minimum absolute atomic E-state index is 0.191. The van der Waals surface area contributed by atoms with E-state index >= 15 is 0 Å². The molecule has 2 aliphatic heterocycles. The molecule has 12 heteroatoms. The van der Waals surface area contributed by atoms with Crippen molar-refractivity contribution in [1.29, 1.82) is 0 Å². The lowest BCUT2D eigenvalue weighted by atomic mass is 9.74. The Hall–Kier alpha value is -3.90. The molecular weight excluding hydrogens is 599 g/mol. The highest BCUT2D eigenvalue weighted by Crippen LogP contribution is 2.38. The maximum atomic E-state index is 14.3. The summed E-state index contributed by atoms with van der Waals surface area (Å²) in [5, 5.41) is 4.51. The van der Waals surface area contributed by atoms with Gasteiger partial charge in [-0.3, -0.25) is 13.9 Å². The van der Waals surface area contributed by atoms with Crippen molar-refractivity contribution < 1.29 is 27.4 Å². The van der Waals surface area contributed by atoms with Crippen molar-refractivity contribution in [3.8, 4) is 5.69 Å². The number of likely N-dealkylation sites (tertiary alicyclic amines) is 1. The number of rotatable bonds is 6. The Labute approximate surface area is 265 Å². The Morgan fingerprint density at radius 2 is 1.89 bits per heavy atom. The van der Waals surface area contributed by atoms with E-state index in [4.69, 9.17) is 9.47 Å². The van der Waals surface area contributed by atoms with Crippen molar-refractivity contribution in [3.05, 3.63) is 87.4 Å². The average Bonchev–Trinajstić information content (AvgIpc) is 3.48. The van der Waals surface area contributed by atoms with E-state index in [2.05, 4.69) is 16.9 Å². The van der Waals surface area contributed by atoms with Crippen molar-refractivity contribution in [2.24, 2.45) is 5.92 Å². The molecule has 0 bridgehead atoms. The van der Waals surface area contributed by atoms with E-state index in [1.54, 1.807) is 39.1 Å². The molecule has 0 unspecified atom stereocenters. The van der Waals surface area contributed by atoms with Gasteiger partial charge in [-0.05, 0) is 87.9 Å². The van der Waals surface area contributed by atoms with Crippen molar-refractivity contribution in [3.63, 3.8) is 0 Å². The van der Waals surface area contributed by atoms with Crippen molar-refractivity contribution in [2.75, 3.05) is 26.3 Å². The highest BCUT2D eigenvalue weighted by molar-refractivity contribution is 5.70. The Balaban J connectivity index is 1.33. The largest absolute Gasteiger partial charge is 0.442 e. The molecule has 246 valence electrons. The first kappa shape index (κ1) is 32.1. The Bertz CT molecular complexity index is 1830. The third-order valence-electron chi connectivity index (χ3n) is 8.86. The van der Waals surface area contributed by atoms with Crippen LogP contribution in [0.3, 0.4) is 0 Å². The van der Waals surface area contributed by atoms with Gasteiger partial charge in [0.2, 0.25) is 0 Å². The van der Waals surface area contributed by atoms with E-state index in [1.807, 2.05) is 19.1 Å². The highest BCUT2D eigenvalue weighted by Gasteiger charge is 2.42. The van der Waals surface area contributed by atoms with Crippen LogP contribution in [0.25, 0.3) is 11.2 Å². The zero-order chi connectivity index (χ0) is 33.0. The van der Waals surface area contributed by atoms with Crippen LogP contribution in [0.1, 0.15) is 68.5 Å². The molecule has 6 rings (SSSR count). The minimum atomic E-state index is -4.63. The summed E-state index contributed by atoms with van der Waals surface area (Å²) in [7, 11) is 0. The zero-order valence-electron chi connectivity index (χ0n) is 26.9. The molecule has 0 saturated carbocycles. The summed E-state index contributed by atoms with van der Waals surface area (Å²) in [4.78, 5) is 28.5. The zero-order valence-corrected chi connectivity index (χ0v) is 26.9. The summed E-state index contributed by atoms with van der Waals surface area (Å²) in [5.41, 5.74) is 0.532. The molecule has 0 spiro atoms. The van der Waals surface area contributed by atoms with Crippen LogP contribution < -0.4 is 5.69 Å². The van der Waals surface area contributed by atoms with Crippen molar-refractivity contribution >= 4 is 11.6 Å². The molecule has 4 aromatic rings. The lowest BCUT2D eigenvalue weighted by Gasteiger charge is -2.42. The fourth-order valence-electron chi connectivity index (χ4n) is 6.53. The number of hydrogen-bond acceptors (Lipinski definition) is 6. The van der Waals surface area contributed by atoms with E-state index < -0.39 is 34.5 Å². The third kappa shape index (κ3) is 6.37. The lowest BCUT2D eigenvalue weighted by molar-refractivity contribution is -0.136. The van der Waals surface area contributed by atoms with Gasteiger partial charge in [-0.15, -0.1) is 0 Å². The second-order valence-electron chi connectivity index (χ2n) is 14.0. The molecule has 0 amide bonds. The van der Waals surface area contributed by atoms with E-state index in [1.165, 1.54) is 27.7 Å². The van der Waals surface area contributed by atoms with Crippen LogP contribution >= 0.6 is 0 Å². The number of halogens is 3. The fourth-order valence-corrected chi connectivity index (χ4v) is 6.53. The first-order valence-corrected chi connectivity index (χ1v) is 15.7. The maximum Gasteiger partial charge on any atom is 0.435 e. The van der Waals surface area contributed by atoms with Crippen LogP contribution in [0.5, 0.6) is 0 Å². The number of ether oxygens (including phenoxy) is 2. The van der Waals surface area contributed by atoms with Crippen molar-refractivity contribution in [2.45, 2.75) is 77.6 Å². The standard InChI is InChI=1S/C34H40F3N5O4/c1-22-8-7-11-39(15-22)17-24-12-27(34(35,36)37)29-19-40(30(43)41(29)18-24)26-10-6-9-25(13-26)33(20-45-21-33)14-28-23(2)16-42(38-28)31(44)46-32(3,4)5/h6,9-10,12-13,16,18-19,22H,7-8,11,14-15,17,20-21H2,1-5H3/t22-/m0/s1. The molecule has 0 N–H and O–H groups in total. The second kappa shape index (κ2) is 11.7. The number of hydrogen-bond donors (Lipinski definition) is 0. The number of nitrogens with zero attached hydrogens (tertiary/aromatic N) is 5. The predicted molar refractivity (Wildman–Crippen MR) is 166 cm³/mol. The summed E-state index contributed by atoms with van der Waals surface area (Å²) in [6.07, 6.45) is 1.80. The van der Waals surface area contributed by atoms with Gasteiger partial charge in [0.05, 0.1) is 35.7 Å². The molecule has 3 aromatic heterocycles. The summed E-state index contributed by atoms with van der Waals surface area (Å²) >= 11 is 0.